The number of para-hydroxylation sites is 3. The minimum absolute atomic E-state index is 0.00884. The van der Waals surface area contributed by atoms with E-state index in [1.807, 2.05) is 6.07 Å². The van der Waals surface area contributed by atoms with Gasteiger partial charge in [-0.25, -0.2) is 22.5 Å². The summed E-state index contributed by atoms with van der Waals surface area (Å²) in [7, 11) is -1.64. The normalized spacial score (nSPS) is 11.2. The lowest BCUT2D eigenvalue weighted by molar-refractivity contribution is 0.100. The van der Waals surface area contributed by atoms with Crippen molar-refractivity contribution in [2.24, 2.45) is 0 Å². The van der Waals surface area contributed by atoms with Gasteiger partial charge in [-0.3, -0.25) is 14.9 Å². The van der Waals surface area contributed by atoms with Gasteiger partial charge in [0.15, 0.2) is 11.5 Å². The first-order valence-corrected chi connectivity index (χ1v) is 11.1. The van der Waals surface area contributed by atoms with Gasteiger partial charge in [-0.2, -0.15) is 0 Å². The average molecular weight is 470 g/mol. The molecule has 0 fully saturated rings. The van der Waals surface area contributed by atoms with Crippen molar-refractivity contribution >= 4 is 32.7 Å². The molecule has 0 saturated heterocycles. The summed E-state index contributed by atoms with van der Waals surface area (Å²) in [5.74, 6) is -1.37. The van der Waals surface area contributed by atoms with Crippen molar-refractivity contribution in [2.45, 2.75) is 4.90 Å². The highest BCUT2D eigenvalue weighted by atomic mass is 32.2. The molecule has 0 atom stereocenters. The van der Waals surface area contributed by atoms with Gasteiger partial charge in [0.1, 0.15) is 12.1 Å². The third-order valence-corrected chi connectivity index (χ3v) is 6.15. The fourth-order valence-corrected chi connectivity index (χ4v) is 4.34. The maximum atomic E-state index is 14.0. The number of sulfonamides is 1. The van der Waals surface area contributed by atoms with Crippen LogP contribution in [0.3, 0.4) is 0 Å². The van der Waals surface area contributed by atoms with Crippen LogP contribution in [0.15, 0.2) is 71.9 Å². The van der Waals surface area contributed by atoms with E-state index in [9.17, 15) is 17.6 Å². The molecule has 0 spiro atoms. The van der Waals surface area contributed by atoms with Crippen molar-refractivity contribution < 1.29 is 27.1 Å². The molecule has 11 heteroatoms. The van der Waals surface area contributed by atoms with E-state index in [-0.39, 0.29) is 27.6 Å². The third kappa shape index (κ3) is 4.30. The number of aromatic nitrogens is 2. The summed E-state index contributed by atoms with van der Waals surface area (Å²) in [6.07, 6.45) is 1.42. The summed E-state index contributed by atoms with van der Waals surface area (Å²) in [5, 5.41) is 0. The Morgan fingerprint density at radius 2 is 1.76 bits per heavy atom. The molecule has 3 aromatic carbocycles. The Kier molecular flexibility index (Phi) is 5.88. The lowest BCUT2D eigenvalue weighted by atomic mass is 10.1. The number of methoxy groups -OCH3 is 2. The second-order valence-electron chi connectivity index (χ2n) is 6.84. The van der Waals surface area contributed by atoms with Gasteiger partial charge in [0, 0.05) is 6.07 Å². The van der Waals surface area contributed by atoms with Crippen molar-refractivity contribution in [3.05, 3.63) is 78.4 Å². The quantitative estimate of drug-likeness (QED) is 0.428. The molecule has 1 aromatic heterocycles. The van der Waals surface area contributed by atoms with E-state index in [1.165, 1.54) is 49.5 Å². The largest absolute Gasteiger partial charge is 0.493 e. The smallest absolute Gasteiger partial charge is 0.274 e. The van der Waals surface area contributed by atoms with E-state index in [1.54, 1.807) is 18.2 Å². The number of nitrogens with zero attached hydrogens (tertiary/aromatic N) is 2. The predicted molar refractivity (Wildman–Crippen MR) is 120 cm³/mol. The van der Waals surface area contributed by atoms with E-state index in [2.05, 4.69) is 15.1 Å². The molecule has 4 aromatic rings. The van der Waals surface area contributed by atoms with Crippen LogP contribution < -0.4 is 19.6 Å². The molecule has 9 nitrogen and oxygen atoms in total. The van der Waals surface area contributed by atoms with Gasteiger partial charge in [0.25, 0.3) is 15.9 Å². The molecule has 0 bridgehead atoms. The minimum atomic E-state index is -4.27. The molecular formula is C22H19FN4O5S. The van der Waals surface area contributed by atoms with Crippen LogP contribution >= 0.6 is 0 Å². The van der Waals surface area contributed by atoms with Gasteiger partial charge >= 0.3 is 0 Å². The van der Waals surface area contributed by atoms with Crippen molar-refractivity contribution in [3.8, 4) is 11.5 Å². The van der Waals surface area contributed by atoms with Gasteiger partial charge in [-0.05, 0) is 30.3 Å². The van der Waals surface area contributed by atoms with E-state index in [4.69, 9.17) is 9.47 Å². The molecule has 1 amide bonds. The summed E-state index contributed by atoms with van der Waals surface area (Å²) < 4.78 is 54.1. The molecule has 170 valence electrons. The number of anilines is 1. The summed E-state index contributed by atoms with van der Waals surface area (Å²) in [4.78, 5) is 17.0. The number of imidazole rings is 1. The molecule has 0 aliphatic carbocycles. The fraction of sp³-hybridized carbons (Fsp3) is 0.0909. The fourth-order valence-electron chi connectivity index (χ4n) is 3.23. The number of nitrogens with one attached hydrogen (secondary N) is 2. The number of fused-ring (bicyclic) bond motifs is 1. The number of hydrogen-bond acceptors (Lipinski definition) is 6. The molecule has 0 saturated carbocycles. The van der Waals surface area contributed by atoms with E-state index in [0.717, 1.165) is 12.1 Å². The average Bonchev–Trinajstić information content (AvgIpc) is 3.22. The SMILES string of the molecule is COc1cc(S(=O)(=O)Nc2ccccc2F)cc(C(=O)Nn2cnc3ccccc32)c1OC. The highest BCUT2D eigenvalue weighted by molar-refractivity contribution is 7.92. The van der Waals surface area contributed by atoms with E-state index in [0.29, 0.717) is 11.0 Å². The van der Waals surface area contributed by atoms with Crippen LogP contribution in [-0.4, -0.2) is 38.2 Å². The Morgan fingerprint density at radius 1 is 1.03 bits per heavy atom. The second kappa shape index (κ2) is 8.79. The number of halogens is 1. The van der Waals surface area contributed by atoms with Gasteiger partial charge < -0.3 is 9.47 Å². The number of benzene rings is 3. The Labute approximate surface area is 188 Å². The highest BCUT2D eigenvalue weighted by Crippen LogP contribution is 2.35. The van der Waals surface area contributed by atoms with Crippen molar-refractivity contribution in [2.75, 3.05) is 24.4 Å². The van der Waals surface area contributed by atoms with E-state index < -0.39 is 21.7 Å². The molecule has 0 unspecified atom stereocenters. The molecule has 4 rings (SSSR count). The number of rotatable bonds is 7. The Morgan fingerprint density at radius 3 is 2.48 bits per heavy atom. The Hall–Kier alpha value is -4.12. The summed E-state index contributed by atoms with van der Waals surface area (Å²) >= 11 is 0. The maximum absolute atomic E-state index is 14.0. The van der Waals surface area contributed by atoms with Gasteiger partial charge in [-0.1, -0.05) is 24.3 Å². The number of hydrogen-bond donors (Lipinski definition) is 2. The second-order valence-corrected chi connectivity index (χ2v) is 8.52. The topological polar surface area (TPSA) is 112 Å². The summed E-state index contributed by atoms with van der Waals surface area (Å²) in [5.41, 5.74) is 3.61. The first-order chi connectivity index (χ1) is 15.8. The number of carbonyl (C=O) groups excluding carboxylic acids is 1. The van der Waals surface area contributed by atoms with Crippen molar-refractivity contribution in [1.29, 1.82) is 0 Å². The van der Waals surface area contributed by atoms with Crippen LogP contribution in [0.1, 0.15) is 10.4 Å². The number of ether oxygens (including phenoxy) is 2. The van der Waals surface area contributed by atoms with Gasteiger partial charge in [-0.15, -0.1) is 0 Å². The highest BCUT2D eigenvalue weighted by Gasteiger charge is 2.25. The van der Waals surface area contributed by atoms with E-state index >= 15 is 0 Å². The molecule has 0 aliphatic rings. The zero-order valence-corrected chi connectivity index (χ0v) is 18.4. The van der Waals surface area contributed by atoms with Gasteiger partial charge in [0.2, 0.25) is 0 Å². The van der Waals surface area contributed by atoms with Crippen LogP contribution in [0.2, 0.25) is 0 Å². The molecule has 33 heavy (non-hydrogen) atoms. The van der Waals surface area contributed by atoms with Crippen molar-refractivity contribution in [1.82, 2.24) is 9.66 Å². The molecular weight excluding hydrogens is 451 g/mol. The first-order valence-electron chi connectivity index (χ1n) is 9.61. The number of amides is 1. The van der Waals surface area contributed by atoms with Crippen molar-refractivity contribution in [3.63, 3.8) is 0 Å². The van der Waals surface area contributed by atoms with Crippen LogP contribution in [-0.2, 0) is 10.0 Å². The maximum Gasteiger partial charge on any atom is 0.274 e. The van der Waals surface area contributed by atoms with Crippen LogP contribution in [0, 0.1) is 5.82 Å². The Balaban J connectivity index is 1.75. The molecule has 0 radical (unpaired) electrons. The lowest BCUT2D eigenvalue weighted by Crippen LogP contribution is -2.23. The molecule has 0 aliphatic heterocycles. The van der Waals surface area contributed by atoms with Crippen LogP contribution in [0.5, 0.6) is 11.5 Å². The minimum Gasteiger partial charge on any atom is -0.493 e. The predicted octanol–water partition coefficient (Wildman–Crippen LogP) is 3.38. The first kappa shape index (κ1) is 22.1. The molecule has 2 N–H and O–H groups in total. The molecule has 1 heterocycles. The lowest BCUT2D eigenvalue weighted by Gasteiger charge is -2.16. The number of carbonyl (C=O) groups is 1. The third-order valence-electron chi connectivity index (χ3n) is 4.80. The zero-order chi connectivity index (χ0) is 23.6. The zero-order valence-electron chi connectivity index (χ0n) is 17.6. The Bertz CT molecular complexity index is 1450. The van der Waals surface area contributed by atoms with Gasteiger partial charge in [0.05, 0.1) is 41.4 Å². The van der Waals surface area contributed by atoms with Crippen LogP contribution in [0.25, 0.3) is 11.0 Å². The summed E-state index contributed by atoms with van der Waals surface area (Å²) in [6, 6.07) is 14.8. The standard InChI is InChI=1S/C22H19FN4O5S/c1-31-20-12-14(33(29,30)26-17-8-4-3-7-16(17)23)11-15(21(20)32-2)22(28)25-27-13-24-18-9-5-6-10-19(18)27/h3-13,26H,1-2H3,(H,25,28). The summed E-state index contributed by atoms with van der Waals surface area (Å²) in [6.45, 7) is 0. The monoisotopic (exact) mass is 470 g/mol. The van der Waals surface area contributed by atoms with Crippen LogP contribution in [0.4, 0.5) is 10.1 Å².